The molecule has 1 aliphatic carbocycles. The number of sulfonamides is 1. The summed E-state index contributed by atoms with van der Waals surface area (Å²) in [5, 5.41) is -0.133. The molecular weight excluding hydrogens is 234 g/mol. The van der Waals surface area contributed by atoms with Gasteiger partial charge in [0, 0.05) is 6.54 Å². The van der Waals surface area contributed by atoms with Crippen molar-refractivity contribution in [1.82, 2.24) is 4.72 Å². The average Bonchev–Trinajstić information content (AvgIpc) is 3.11. The van der Waals surface area contributed by atoms with Crippen LogP contribution in [-0.2, 0) is 10.0 Å². The van der Waals surface area contributed by atoms with Crippen molar-refractivity contribution < 1.29 is 8.42 Å². The van der Waals surface area contributed by atoms with E-state index >= 15 is 0 Å². The maximum Gasteiger partial charge on any atom is 0.214 e. The Morgan fingerprint density at radius 3 is 2.59 bits per heavy atom. The Morgan fingerprint density at radius 2 is 2.00 bits per heavy atom. The Hall–Kier alpha value is -0.870. The second-order valence-electron chi connectivity index (χ2n) is 4.85. The van der Waals surface area contributed by atoms with Crippen LogP contribution in [0.3, 0.4) is 0 Å². The molecule has 0 saturated heterocycles. The van der Waals surface area contributed by atoms with Crippen LogP contribution >= 0.6 is 0 Å². The van der Waals surface area contributed by atoms with Gasteiger partial charge in [0.15, 0.2) is 0 Å². The Labute approximate surface area is 103 Å². The van der Waals surface area contributed by atoms with Crippen LogP contribution in [0.1, 0.15) is 36.8 Å². The van der Waals surface area contributed by atoms with E-state index in [0.717, 1.165) is 12.8 Å². The first-order chi connectivity index (χ1) is 8.00. The molecule has 0 heterocycles. The summed E-state index contributed by atoms with van der Waals surface area (Å²) >= 11 is 0. The minimum atomic E-state index is -3.05. The molecule has 1 unspecified atom stereocenters. The fourth-order valence-electron chi connectivity index (χ4n) is 1.99. The molecule has 0 aromatic heterocycles. The summed E-state index contributed by atoms with van der Waals surface area (Å²) in [5.41, 5.74) is 2.43. The van der Waals surface area contributed by atoms with Crippen molar-refractivity contribution in [1.29, 1.82) is 0 Å². The van der Waals surface area contributed by atoms with Crippen LogP contribution in [0.2, 0.25) is 0 Å². The summed E-state index contributed by atoms with van der Waals surface area (Å²) in [7, 11) is -3.05. The average molecular weight is 253 g/mol. The van der Waals surface area contributed by atoms with Crippen LogP contribution in [0.4, 0.5) is 0 Å². The van der Waals surface area contributed by atoms with Gasteiger partial charge in [-0.2, -0.15) is 0 Å². The summed E-state index contributed by atoms with van der Waals surface area (Å²) < 4.78 is 26.1. The minimum absolute atomic E-state index is 0.133. The fraction of sp³-hybridized carbons (Fsp3) is 0.538. The summed E-state index contributed by atoms with van der Waals surface area (Å²) in [6.45, 7) is 4.60. The van der Waals surface area contributed by atoms with E-state index in [1.165, 1.54) is 11.1 Å². The molecule has 0 amide bonds. The van der Waals surface area contributed by atoms with E-state index in [1.54, 1.807) is 0 Å². The van der Waals surface area contributed by atoms with E-state index in [1.807, 2.05) is 12.1 Å². The SMILES string of the molecule is Cc1ccccc1C(C)CNS(=O)(=O)C1CC1. The second kappa shape index (κ2) is 4.78. The molecule has 1 atom stereocenters. The first kappa shape index (κ1) is 12.6. The van der Waals surface area contributed by atoms with Gasteiger partial charge in [-0.3, -0.25) is 0 Å². The summed E-state index contributed by atoms with van der Waals surface area (Å²) in [6, 6.07) is 8.11. The molecule has 1 aromatic rings. The largest absolute Gasteiger partial charge is 0.214 e. The zero-order chi connectivity index (χ0) is 12.5. The summed E-state index contributed by atoms with van der Waals surface area (Å²) in [5.74, 6) is 0.213. The van der Waals surface area contributed by atoms with Crippen molar-refractivity contribution in [2.75, 3.05) is 6.54 Å². The van der Waals surface area contributed by atoms with Gasteiger partial charge in [-0.1, -0.05) is 31.2 Å². The number of benzene rings is 1. The molecule has 0 spiro atoms. The Bertz CT molecular complexity index is 492. The molecule has 94 valence electrons. The third-order valence-corrected chi connectivity index (χ3v) is 5.19. The van der Waals surface area contributed by atoms with Crippen LogP contribution in [-0.4, -0.2) is 20.2 Å². The third-order valence-electron chi connectivity index (χ3n) is 3.27. The normalized spacial score (nSPS) is 18.0. The number of aryl methyl sites for hydroxylation is 1. The highest BCUT2D eigenvalue weighted by Crippen LogP contribution is 2.28. The van der Waals surface area contributed by atoms with Crippen LogP contribution in [0.5, 0.6) is 0 Å². The van der Waals surface area contributed by atoms with E-state index in [9.17, 15) is 8.42 Å². The maximum atomic E-state index is 11.7. The van der Waals surface area contributed by atoms with E-state index in [0.29, 0.717) is 6.54 Å². The Balaban J connectivity index is 1.98. The van der Waals surface area contributed by atoms with Crippen molar-refractivity contribution in [3.63, 3.8) is 0 Å². The molecule has 1 fully saturated rings. The highest BCUT2D eigenvalue weighted by atomic mass is 32.2. The summed E-state index contributed by atoms with van der Waals surface area (Å²) in [6.07, 6.45) is 1.63. The summed E-state index contributed by atoms with van der Waals surface area (Å²) in [4.78, 5) is 0. The minimum Gasteiger partial charge on any atom is -0.214 e. The molecule has 1 saturated carbocycles. The van der Waals surface area contributed by atoms with Gasteiger partial charge in [-0.15, -0.1) is 0 Å². The van der Waals surface area contributed by atoms with Gasteiger partial charge < -0.3 is 0 Å². The first-order valence-electron chi connectivity index (χ1n) is 6.04. The number of nitrogens with one attached hydrogen (secondary N) is 1. The molecule has 2 rings (SSSR count). The quantitative estimate of drug-likeness (QED) is 0.874. The lowest BCUT2D eigenvalue weighted by molar-refractivity contribution is 0.573. The van der Waals surface area contributed by atoms with Crippen LogP contribution in [0.15, 0.2) is 24.3 Å². The van der Waals surface area contributed by atoms with Crippen molar-refractivity contribution >= 4 is 10.0 Å². The second-order valence-corrected chi connectivity index (χ2v) is 6.90. The van der Waals surface area contributed by atoms with Gasteiger partial charge >= 0.3 is 0 Å². The fourth-order valence-corrected chi connectivity index (χ4v) is 3.46. The third kappa shape index (κ3) is 3.07. The topological polar surface area (TPSA) is 46.2 Å². The number of hydrogen-bond acceptors (Lipinski definition) is 2. The lowest BCUT2D eigenvalue weighted by Gasteiger charge is -2.15. The number of hydrogen-bond donors (Lipinski definition) is 1. The lowest BCUT2D eigenvalue weighted by Crippen LogP contribution is -2.30. The van der Waals surface area contributed by atoms with Crippen LogP contribution in [0.25, 0.3) is 0 Å². The zero-order valence-corrected chi connectivity index (χ0v) is 11.1. The molecule has 1 aliphatic rings. The molecule has 4 heteroatoms. The van der Waals surface area contributed by atoms with Crippen LogP contribution in [0, 0.1) is 6.92 Å². The monoisotopic (exact) mass is 253 g/mol. The predicted molar refractivity (Wildman–Crippen MR) is 69.5 cm³/mol. The molecule has 0 bridgehead atoms. The molecule has 1 aromatic carbocycles. The van der Waals surface area contributed by atoms with Crippen molar-refractivity contribution in [3.05, 3.63) is 35.4 Å². The molecule has 0 radical (unpaired) electrons. The van der Waals surface area contributed by atoms with Gasteiger partial charge in [-0.25, -0.2) is 13.1 Å². The van der Waals surface area contributed by atoms with E-state index in [4.69, 9.17) is 0 Å². The van der Waals surface area contributed by atoms with Crippen molar-refractivity contribution in [2.24, 2.45) is 0 Å². The molecule has 17 heavy (non-hydrogen) atoms. The highest BCUT2D eigenvalue weighted by molar-refractivity contribution is 7.90. The van der Waals surface area contributed by atoms with Gasteiger partial charge in [0.1, 0.15) is 0 Å². The molecule has 3 nitrogen and oxygen atoms in total. The zero-order valence-electron chi connectivity index (χ0n) is 10.3. The highest BCUT2D eigenvalue weighted by Gasteiger charge is 2.35. The molecular formula is C13H19NO2S. The predicted octanol–water partition coefficient (Wildman–Crippen LogP) is 2.18. The Kier molecular flexibility index (Phi) is 3.54. The van der Waals surface area contributed by atoms with Gasteiger partial charge in [0.25, 0.3) is 0 Å². The molecule has 0 aliphatic heterocycles. The van der Waals surface area contributed by atoms with Crippen LogP contribution < -0.4 is 4.72 Å². The van der Waals surface area contributed by atoms with Gasteiger partial charge in [0.05, 0.1) is 5.25 Å². The maximum absolute atomic E-state index is 11.7. The molecule has 1 N–H and O–H groups in total. The number of rotatable bonds is 5. The van der Waals surface area contributed by atoms with E-state index < -0.39 is 10.0 Å². The standard InChI is InChI=1S/C13H19NO2S/c1-10-5-3-4-6-13(10)11(2)9-14-17(15,16)12-7-8-12/h3-6,11-12,14H,7-9H2,1-2H3. The Morgan fingerprint density at radius 1 is 1.35 bits per heavy atom. The lowest BCUT2D eigenvalue weighted by atomic mass is 9.97. The van der Waals surface area contributed by atoms with E-state index in [-0.39, 0.29) is 11.2 Å². The van der Waals surface area contributed by atoms with Crippen molar-refractivity contribution in [3.8, 4) is 0 Å². The van der Waals surface area contributed by atoms with Crippen molar-refractivity contribution in [2.45, 2.75) is 37.9 Å². The first-order valence-corrected chi connectivity index (χ1v) is 7.59. The smallest absolute Gasteiger partial charge is 0.214 e. The van der Waals surface area contributed by atoms with E-state index in [2.05, 4.69) is 30.7 Å². The van der Waals surface area contributed by atoms with Gasteiger partial charge in [-0.05, 0) is 36.8 Å². The van der Waals surface area contributed by atoms with Gasteiger partial charge in [0.2, 0.25) is 10.0 Å².